The maximum atomic E-state index is 6.11. The van der Waals surface area contributed by atoms with Crippen molar-refractivity contribution in [2.75, 3.05) is 26.8 Å². The molecule has 1 aliphatic heterocycles. The Morgan fingerprint density at radius 3 is 2.72 bits per heavy atom. The molecule has 0 saturated carbocycles. The number of rotatable bonds is 5. The normalized spacial score (nSPS) is 21.1. The largest absolute Gasteiger partial charge is 0.468 e. The number of nitrogens with zero attached hydrogens (tertiary/aromatic N) is 1. The van der Waals surface area contributed by atoms with Gasteiger partial charge in [-0.2, -0.15) is 0 Å². The highest BCUT2D eigenvalue weighted by Crippen LogP contribution is 2.25. The molecule has 1 aliphatic rings. The summed E-state index contributed by atoms with van der Waals surface area (Å²) in [6.45, 7) is 4.87. The topological polar surface area (TPSA) is 51.6 Å². The smallest absolute Gasteiger partial charge is 0.122 e. The third kappa shape index (κ3) is 3.34. The molecule has 2 atom stereocenters. The Hall–Kier alpha value is -0.840. The van der Waals surface area contributed by atoms with E-state index in [1.54, 1.807) is 6.26 Å². The van der Waals surface area contributed by atoms with E-state index >= 15 is 0 Å². The van der Waals surface area contributed by atoms with Crippen LogP contribution in [0.4, 0.5) is 0 Å². The minimum atomic E-state index is 0.0565. The maximum Gasteiger partial charge on any atom is 0.122 e. The van der Waals surface area contributed by atoms with Gasteiger partial charge in [0.2, 0.25) is 0 Å². The Labute approximate surface area is 109 Å². The van der Waals surface area contributed by atoms with Crippen molar-refractivity contribution in [3.63, 3.8) is 0 Å². The number of nitrogens with two attached hydrogens (primary N) is 1. The van der Waals surface area contributed by atoms with Crippen LogP contribution in [0.15, 0.2) is 22.8 Å². The van der Waals surface area contributed by atoms with E-state index in [0.29, 0.717) is 5.92 Å². The van der Waals surface area contributed by atoms with Gasteiger partial charge in [-0.1, -0.05) is 0 Å². The molecule has 0 bridgehead atoms. The van der Waals surface area contributed by atoms with Crippen molar-refractivity contribution in [1.29, 1.82) is 0 Å². The molecule has 4 nitrogen and oxygen atoms in total. The van der Waals surface area contributed by atoms with Gasteiger partial charge in [0.15, 0.2) is 0 Å². The molecule has 2 rings (SSSR count). The number of hydrogen-bond donors (Lipinski definition) is 1. The van der Waals surface area contributed by atoms with Crippen molar-refractivity contribution in [2.24, 2.45) is 11.7 Å². The molecule has 0 radical (unpaired) electrons. The molecule has 1 aromatic rings. The Kier molecular flexibility index (Phi) is 4.80. The van der Waals surface area contributed by atoms with E-state index in [2.05, 4.69) is 11.9 Å². The van der Waals surface area contributed by atoms with Gasteiger partial charge >= 0.3 is 0 Å². The molecular weight excluding hydrogens is 228 g/mol. The lowest BCUT2D eigenvalue weighted by atomic mass is 9.97. The number of hydrogen-bond acceptors (Lipinski definition) is 4. The molecule has 2 unspecified atom stereocenters. The van der Waals surface area contributed by atoms with E-state index < -0.39 is 0 Å². The van der Waals surface area contributed by atoms with Gasteiger partial charge in [0.05, 0.1) is 12.3 Å². The predicted octanol–water partition coefficient (Wildman–Crippen LogP) is 2.03. The summed E-state index contributed by atoms with van der Waals surface area (Å²) in [5.41, 5.74) is 6.11. The molecule has 0 aliphatic carbocycles. The van der Waals surface area contributed by atoms with Gasteiger partial charge < -0.3 is 14.9 Å². The van der Waals surface area contributed by atoms with Crippen LogP contribution in [0.5, 0.6) is 0 Å². The monoisotopic (exact) mass is 252 g/mol. The summed E-state index contributed by atoms with van der Waals surface area (Å²) < 4.78 is 10.9. The summed E-state index contributed by atoms with van der Waals surface area (Å²) in [6.07, 6.45) is 4.01. The summed E-state index contributed by atoms with van der Waals surface area (Å²) in [4.78, 5) is 2.32. The van der Waals surface area contributed by atoms with Crippen LogP contribution in [-0.2, 0) is 4.74 Å². The lowest BCUT2D eigenvalue weighted by Gasteiger charge is -2.33. The van der Waals surface area contributed by atoms with Crippen LogP contribution >= 0.6 is 0 Å². The minimum Gasteiger partial charge on any atom is -0.468 e. The highest BCUT2D eigenvalue weighted by Gasteiger charge is 2.26. The van der Waals surface area contributed by atoms with E-state index in [0.717, 1.165) is 38.4 Å². The fraction of sp³-hybridized carbons (Fsp3) is 0.714. The average Bonchev–Trinajstić information content (AvgIpc) is 2.83. The van der Waals surface area contributed by atoms with Crippen molar-refractivity contribution in [2.45, 2.75) is 31.8 Å². The van der Waals surface area contributed by atoms with Crippen LogP contribution in [0.2, 0.25) is 0 Å². The number of likely N-dealkylation sites (N-methyl/N-ethyl adjacent to an activating group) is 1. The first-order valence-electron chi connectivity index (χ1n) is 6.75. The molecule has 0 spiro atoms. The number of ether oxygens (including phenoxy) is 1. The summed E-state index contributed by atoms with van der Waals surface area (Å²) in [6, 6.07) is 4.14. The molecule has 1 saturated heterocycles. The predicted molar refractivity (Wildman–Crippen MR) is 71.3 cm³/mol. The first-order valence-corrected chi connectivity index (χ1v) is 6.75. The molecule has 1 aromatic heterocycles. The molecule has 18 heavy (non-hydrogen) atoms. The third-order valence-electron chi connectivity index (χ3n) is 3.69. The van der Waals surface area contributed by atoms with Gasteiger partial charge in [0.1, 0.15) is 5.76 Å². The molecular formula is C14H24N2O2. The van der Waals surface area contributed by atoms with Crippen LogP contribution in [0.1, 0.15) is 31.6 Å². The standard InChI is InChI=1S/C14H24N2O2/c1-11(15)14(13-4-3-7-18-13)16(2)10-12-5-8-17-9-6-12/h3-4,7,11-12,14H,5-6,8-10,15H2,1-2H3. The van der Waals surface area contributed by atoms with Crippen molar-refractivity contribution < 1.29 is 9.15 Å². The molecule has 0 amide bonds. The fourth-order valence-corrected chi connectivity index (χ4v) is 2.79. The van der Waals surface area contributed by atoms with Gasteiger partial charge in [-0.25, -0.2) is 0 Å². The van der Waals surface area contributed by atoms with E-state index in [1.807, 2.05) is 19.1 Å². The van der Waals surface area contributed by atoms with Crippen LogP contribution in [0, 0.1) is 5.92 Å². The van der Waals surface area contributed by atoms with E-state index in [9.17, 15) is 0 Å². The first-order chi connectivity index (χ1) is 8.68. The lowest BCUT2D eigenvalue weighted by molar-refractivity contribution is 0.0468. The molecule has 102 valence electrons. The van der Waals surface area contributed by atoms with E-state index in [4.69, 9.17) is 14.9 Å². The molecule has 4 heteroatoms. The number of furan rings is 1. The second kappa shape index (κ2) is 6.36. The highest BCUT2D eigenvalue weighted by atomic mass is 16.5. The fourth-order valence-electron chi connectivity index (χ4n) is 2.79. The molecule has 2 heterocycles. The zero-order valence-corrected chi connectivity index (χ0v) is 11.3. The average molecular weight is 252 g/mol. The van der Waals surface area contributed by atoms with Crippen LogP contribution in [-0.4, -0.2) is 37.7 Å². The maximum absolute atomic E-state index is 6.11. The van der Waals surface area contributed by atoms with Crippen molar-refractivity contribution in [3.05, 3.63) is 24.2 Å². The van der Waals surface area contributed by atoms with E-state index in [-0.39, 0.29) is 12.1 Å². The first kappa shape index (κ1) is 13.6. The zero-order valence-electron chi connectivity index (χ0n) is 11.3. The van der Waals surface area contributed by atoms with Crippen molar-refractivity contribution in [3.8, 4) is 0 Å². The Balaban J connectivity index is 1.97. The summed E-state index contributed by atoms with van der Waals surface area (Å²) in [7, 11) is 2.13. The minimum absolute atomic E-state index is 0.0565. The molecule has 1 fully saturated rings. The molecule has 0 aromatic carbocycles. The van der Waals surface area contributed by atoms with Crippen LogP contribution in [0.3, 0.4) is 0 Å². The van der Waals surface area contributed by atoms with Gasteiger partial charge in [0.25, 0.3) is 0 Å². The van der Waals surface area contributed by atoms with Crippen molar-refractivity contribution >= 4 is 0 Å². The van der Waals surface area contributed by atoms with Gasteiger partial charge in [0, 0.05) is 25.8 Å². The summed E-state index contributed by atoms with van der Waals surface area (Å²) in [5, 5.41) is 0. The van der Waals surface area contributed by atoms with Crippen LogP contribution in [0.25, 0.3) is 0 Å². The van der Waals surface area contributed by atoms with E-state index in [1.165, 1.54) is 0 Å². The Morgan fingerprint density at radius 2 is 2.17 bits per heavy atom. The third-order valence-corrected chi connectivity index (χ3v) is 3.69. The SMILES string of the molecule is CC(N)C(c1ccco1)N(C)CC1CCOCC1. The van der Waals surface area contributed by atoms with Gasteiger partial charge in [-0.15, -0.1) is 0 Å². The zero-order chi connectivity index (χ0) is 13.0. The lowest BCUT2D eigenvalue weighted by Crippen LogP contribution is -2.40. The quantitative estimate of drug-likeness (QED) is 0.871. The second-order valence-corrected chi connectivity index (χ2v) is 5.31. The highest BCUT2D eigenvalue weighted by molar-refractivity contribution is 5.07. The van der Waals surface area contributed by atoms with Gasteiger partial charge in [-0.3, -0.25) is 4.90 Å². The summed E-state index contributed by atoms with van der Waals surface area (Å²) >= 11 is 0. The Bertz CT molecular complexity index is 332. The van der Waals surface area contributed by atoms with Crippen molar-refractivity contribution in [1.82, 2.24) is 4.90 Å². The van der Waals surface area contributed by atoms with Crippen LogP contribution < -0.4 is 5.73 Å². The Morgan fingerprint density at radius 1 is 1.44 bits per heavy atom. The summed E-state index contributed by atoms with van der Waals surface area (Å²) in [5.74, 6) is 1.67. The van der Waals surface area contributed by atoms with Gasteiger partial charge in [-0.05, 0) is 44.9 Å². The molecule has 2 N–H and O–H groups in total. The second-order valence-electron chi connectivity index (χ2n) is 5.31.